The molecule has 124 valence electrons. The predicted molar refractivity (Wildman–Crippen MR) is 86.3 cm³/mol. The topological polar surface area (TPSA) is 49.6 Å². The monoisotopic (exact) mass is 321 g/mol. The van der Waals surface area contributed by atoms with E-state index in [1.807, 2.05) is 19.9 Å². The second kappa shape index (κ2) is 7.26. The summed E-state index contributed by atoms with van der Waals surface area (Å²) in [5.74, 6) is 1.06. The fourth-order valence-electron chi connectivity index (χ4n) is 2.37. The van der Waals surface area contributed by atoms with Gasteiger partial charge in [0.2, 0.25) is 0 Å². The number of halogens is 2. The Morgan fingerprint density at radius 2 is 2.00 bits per heavy atom. The number of hydrogen-bond acceptors (Lipinski definition) is 2. The molecule has 2 rings (SSSR count). The minimum absolute atomic E-state index is 0.353. The smallest absolute Gasteiger partial charge is 0.191 e. The first-order valence-electron chi connectivity index (χ1n) is 7.38. The second-order valence-electron chi connectivity index (χ2n) is 5.40. The maximum Gasteiger partial charge on any atom is 0.191 e. The van der Waals surface area contributed by atoms with E-state index in [0.29, 0.717) is 18.1 Å². The highest BCUT2D eigenvalue weighted by Crippen LogP contribution is 2.18. The van der Waals surface area contributed by atoms with Gasteiger partial charge in [0.05, 0.1) is 6.04 Å². The van der Waals surface area contributed by atoms with Crippen LogP contribution in [0.1, 0.15) is 35.6 Å². The van der Waals surface area contributed by atoms with Gasteiger partial charge in [-0.3, -0.25) is 4.99 Å². The molecular formula is C17H21F2N3O. The third kappa shape index (κ3) is 4.31. The third-order valence-electron chi connectivity index (χ3n) is 3.60. The molecule has 2 aromatic rings. The van der Waals surface area contributed by atoms with Gasteiger partial charge in [-0.2, -0.15) is 0 Å². The maximum atomic E-state index is 13.8. The van der Waals surface area contributed by atoms with E-state index in [4.69, 9.17) is 4.42 Å². The molecule has 0 aliphatic carbocycles. The van der Waals surface area contributed by atoms with Gasteiger partial charge in [-0.15, -0.1) is 0 Å². The molecule has 0 spiro atoms. The lowest BCUT2D eigenvalue weighted by molar-refractivity contribution is 0.500. The molecule has 0 amide bonds. The Bertz CT molecular complexity index is 710. The van der Waals surface area contributed by atoms with Gasteiger partial charge >= 0.3 is 0 Å². The molecule has 23 heavy (non-hydrogen) atoms. The predicted octanol–water partition coefficient (Wildman–Crippen LogP) is 3.60. The molecule has 6 heteroatoms. The molecule has 4 nitrogen and oxygen atoms in total. The van der Waals surface area contributed by atoms with Gasteiger partial charge < -0.3 is 15.1 Å². The summed E-state index contributed by atoms with van der Waals surface area (Å²) in [6.45, 7) is 6.12. The number of aryl methyl sites for hydroxylation is 2. The van der Waals surface area contributed by atoms with Crippen molar-refractivity contribution < 1.29 is 13.2 Å². The van der Waals surface area contributed by atoms with Crippen molar-refractivity contribution in [2.45, 2.75) is 33.4 Å². The third-order valence-corrected chi connectivity index (χ3v) is 3.60. The van der Waals surface area contributed by atoms with Crippen LogP contribution in [0.25, 0.3) is 0 Å². The maximum absolute atomic E-state index is 13.8. The number of aliphatic imine (C=N–C) groups is 1. The van der Waals surface area contributed by atoms with Crippen molar-refractivity contribution in [3.8, 4) is 0 Å². The number of nitrogens with one attached hydrogen (secondary N) is 2. The van der Waals surface area contributed by atoms with Crippen molar-refractivity contribution >= 4 is 5.96 Å². The number of guanidine groups is 1. The van der Waals surface area contributed by atoms with Crippen LogP contribution in [0.15, 0.2) is 33.7 Å². The van der Waals surface area contributed by atoms with Crippen LogP contribution in [0.3, 0.4) is 0 Å². The molecule has 1 atom stereocenters. The van der Waals surface area contributed by atoms with Crippen molar-refractivity contribution in [3.63, 3.8) is 0 Å². The van der Waals surface area contributed by atoms with Crippen LogP contribution in [-0.2, 0) is 6.54 Å². The summed E-state index contributed by atoms with van der Waals surface area (Å²) in [5, 5.41) is 6.24. The first kappa shape index (κ1) is 17.0. The molecule has 1 heterocycles. The van der Waals surface area contributed by atoms with Crippen LogP contribution in [0.5, 0.6) is 0 Å². The Morgan fingerprint density at radius 3 is 2.57 bits per heavy atom. The van der Waals surface area contributed by atoms with Gasteiger partial charge in [-0.1, -0.05) is 6.07 Å². The van der Waals surface area contributed by atoms with E-state index >= 15 is 0 Å². The molecule has 1 aromatic carbocycles. The summed E-state index contributed by atoms with van der Waals surface area (Å²) in [4.78, 5) is 4.12. The van der Waals surface area contributed by atoms with Crippen LogP contribution < -0.4 is 10.6 Å². The van der Waals surface area contributed by atoms with Crippen LogP contribution in [0.4, 0.5) is 8.78 Å². The fourth-order valence-corrected chi connectivity index (χ4v) is 2.37. The second-order valence-corrected chi connectivity index (χ2v) is 5.40. The highest BCUT2D eigenvalue weighted by Gasteiger charge is 2.13. The SMILES string of the molecule is CN=C(NCc1cc(C)oc1C)NC(C)c1ccc(F)cc1F. The quantitative estimate of drug-likeness (QED) is 0.668. The van der Waals surface area contributed by atoms with E-state index in [1.54, 1.807) is 14.0 Å². The first-order chi connectivity index (χ1) is 10.9. The van der Waals surface area contributed by atoms with Crippen LogP contribution >= 0.6 is 0 Å². The number of hydrogen-bond donors (Lipinski definition) is 2. The summed E-state index contributed by atoms with van der Waals surface area (Å²) in [7, 11) is 1.64. The van der Waals surface area contributed by atoms with E-state index in [0.717, 1.165) is 23.2 Å². The lowest BCUT2D eigenvalue weighted by Crippen LogP contribution is -2.38. The summed E-state index contributed by atoms with van der Waals surface area (Å²) in [5.41, 5.74) is 1.41. The Labute approximate surface area is 134 Å². The zero-order valence-corrected chi connectivity index (χ0v) is 13.7. The van der Waals surface area contributed by atoms with E-state index in [1.165, 1.54) is 12.1 Å². The molecule has 1 aromatic heterocycles. The van der Waals surface area contributed by atoms with Gasteiger partial charge in [0, 0.05) is 30.8 Å². The number of furan rings is 1. The molecule has 1 unspecified atom stereocenters. The Balaban J connectivity index is 2.00. The summed E-state index contributed by atoms with van der Waals surface area (Å²) < 4.78 is 32.3. The molecule has 0 saturated carbocycles. The average Bonchev–Trinajstić information content (AvgIpc) is 2.81. The number of rotatable bonds is 4. The molecule has 2 N–H and O–H groups in total. The largest absolute Gasteiger partial charge is 0.466 e. The minimum atomic E-state index is -0.591. The molecule has 0 radical (unpaired) electrons. The molecule has 0 aliphatic heterocycles. The van der Waals surface area contributed by atoms with Gasteiger partial charge in [0.1, 0.15) is 23.2 Å². The number of nitrogens with zero attached hydrogens (tertiary/aromatic N) is 1. The lowest BCUT2D eigenvalue weighted by atomic mass is 10.1. The zero-order valence-electron chi connectivity index (χ0n) is 13.7. The summed E-state index contributed by atoms with van der Waals surface area (Å²) >= 11 is 0. The first-order valence-corrected chi connectivity index (χ1v) is 7.38. The molecule has 0 fully saturated rings. The Hall–Kier alpha value is -2.37. The highest BCUT2D eigenvalue weighted by atomic mass is 19.1. The van der Waals surface area contributed by atoms with E-state index in [9.17, 15) is 8.78 Å². The van der Waals surface area contributed by atoms with E-state index in [-0.39, 0.29) is 6.04 Å². The van der Waals surface area contributed by atoms with Crippen molar-refractivity contribution in [1.29, 1.82) is 0 Å². The Morgan fingerprint density at radius 1 is 1.26 bits per heavy atom. The average molecular weight is 321 g/mol. The highest BCUT2D eigenvalue weighted by molar-refractivity contribution is 5.80. The van der Waals surface area contributed by atoms with Crippen molar-refractivity contribution in [3.05, 3.63) is 58.5 Å². The van der Waals surface area contributed by atoms with Crippen LogP contribution in [0.2, 0.25) is 0 Å². The van der Waals surface area contributed by atoms with Gasteiger partial charge in [-0.25, -0.2) is 8.78 Å². The normalized spacial score (nSPS) is 13.0. The minimum Gasteiger partial charge on any atom is -0.466 e. The fraction of sp³-hybridized carbons (Fsp3) is 0.353. The van der Waals surface area contributed by atoms with Gasteiger partial charge in [-0.05, 0) is 32.9 Å². The van der Waals surface area contributed by atoms with Gasteiger partial charge in [0.25, 0.3) is 0 Å². The van der Waals surface area contributed by atoms with E-state index in [2.05, 4.69) is 15.6 Å². The molecule has 0 bridgehead atoms. The molecule has 0 aliphatic rings. The van der Waals surface area contributed by atoms with Gasteiger partial charge in [0.15, 0.2) is 5.96 Å². The molecular weight excluding hydrogens is 300 g/mol. The summed E-state index contributed by atoms with van der Waals surface area (Å²) in [6, 6.07) is 5.15. The lowest BCUT2D eigenvalue weighted by Gasteiger charge is -2.18. The zero-order chi connectivity index (χ0) is 17.0. The van der Waals surface area contributed by atoms with Crippen molar-refractivity contribution in [1.82, 2.24) is 10.6 Å². The standard InChI is InChI=1S/C17H21F2N3O/c1-10-7-13(12(3)23-10)9-21-17(20-4)22-11(2)15-6-5-14(18)8-16(15)19/h5-8,11H,9H2,1-4H3,(H2,20,21,22). The summed E-state index contributed by atoms with van der Waals surface area (Å²) in [6.07, 6.45) is 0. The van der Waals surface area contributed by atoms with Crippen molar-refractivity contribution in [2.75, 3.05) is 7.05 Å². The van der Waals surface area contributed by atoms with Crippen LogP contribution in [0, 0.1) is 25.5 Å². The van der Waals surface area contributed by atoms with Crippen molar-refractivity contribution in [2.24, 2.45) is 4.99 Å². The van der Waals surface area contributed by atoms with E-state index < -0.39 is 11.6 Å². The Kier molecular flexibility index (Phi) is 5.36. The molecule has 0 saturated heterocycles. The number of benzene rings is 1. The van der Waals surface area contributed by atoms with Crippen LogP contribution in [-0.4, -0.2) is 13.0 Å².